The number of methoxy groups -OCH3 is 1. The van der Waals surface area contributed by atoms with E-state index in [0.29, 0.717) is 13.1 Å². The summed E-state index contributed by atoms with van der Waals surface area (Å²) < 4.78 is 18.5. The molecule has 3 unspecified atom stereocenters. The Morgan fingerprint density at radius 2 is 2.15 bits per heavy atom. The number of ether oxygens (including phenoxy) is 1. The summed E-state index contributed by atoms with van der Waals surface area (Å²) >= 11 is 0. The summed E-state index contributed by atoms with van der Waals surface area (Å²) in [7, 11) is 7.08. The Labute approximate surface area is 178 Å². The van der Waals surface area contributed by atoms with Crippen molar-refractivity contribution in [2.75, 3.05) is 47.9 Å². The van der Waals surface area contributed by atoms with Crippen LogP contribution in [0.4, 0.5) is 4.39 Å². The number of halogens is 2. The summed E-state index contributed by atoms with van der Waals surface area (Å²) in [6.45, 7) is 3.95. The van der Waals surface area contributed by atoms with Gasteiger partial charge >= 0.3 is 5.97 Å². The standard InChI is InChI=1S/C19H29FN4O2.HI/c1-13-11-24(12-16(13)18(25)26-5)19(21-2)22-10-17(23(3)4)14-7-6-8-15(20)9-14;/h6-9,13,16-17H,10-12H2,1-5H3,(H,21,22);1H. The minimum absolute atomic E-state index is 0. The zero-order valence-electron chi connectivity index (χ0n) is 16.6. The van der Waals surface area contributed by atoms with Crippen LogP contribution in [-0.2, 0) is 9.53 Å². The van der Waals surface area contributed by atoms with E-state index in [0.717, 1.165) is 18.1 Å². The number of esters is 1. The molecule has 1 aliphatic rings. The van der Waals surface area contributed by atoms with E-state index in [9.17, 15) is 9.18 Å². The molecular weight excluding hydrogens is 462 g/mol. The van der Waals surface area contributed by atoms with Gasteiger partial charge in [-0.1, -0.05) is 19.1 Å². The van der Waals surface area contributed by atoms with Gasteiger partial charge in [0.25, 0.3) is 0 Å². The first-order chi connectivity index (χ1) is 12.4. The molecule has 152 valence electrons. The lowest BCUT2D eigenvalue weighted by molar-refractivity contribution is -0.145. The van der Waals surface area contributed by atoms with Crippen molar-refractivity contribution in [1.29, 1.82) is 0 Å². The third-order valence-electron chi connectivity index (χ3n) is 4.94. The number of likely N-dealkylation sites (N-methyl/N-ethyl adjacent to an activating group) is 1. The number of aliphatic imine (C=N–C) groups is 1. The molecule has 1 fully saturated rings. The number of rotatable bonds is 5. The number of hydrogen-bond donors (Lipinski definition) is 1. The monoisotopic (exact) mass is 492 g/mol. The van der Waals surface area contributed by atoms with Gasteiger partial charge in [-0.2, -0.15) is 0 Å². The predicted molar refractivity (Wildman–Crippen MR) is 116 cm³/mol. The molecule has 3 atom stereocenters. The van der Waals surface area contributed by atoms with Crippen molar-refractivity contribution in [2.24, 2.45) is 16.8 Å². The highest BCUT2D eigenvalue weighted by atomic mass is 127. The van der Waals surface area contributed by atoms with Crippen LogP contribution in [-0.4, -0.2) is 69.6 Å². The number of guanidine groups is 1. The van der Waals surface area contributed by atoms with E-state index in [-0.39, 0.29) is 53.6 Å². The van der Waals surface area contributed by atoms with Gasteiger partial charge in [-0.25, -0.2) is 4.39 Å². The molecule has 1 aromatic rings. The summed E-state index contributed by atoms with van der Waals surface area (Å²) in [5.41, 5.74) is 0.903. The van der Waals surface area contributed by atoms with Gasteiger partial charge in [-0.3, -0.25) is 9.79 Å². The Kier molecular flexibility index (Phi) is 9.44. The zero-order valence-corrected chi connectivity index (χ0v) is 18.9. The van der Waals surface area contributed by atoms with Crippen molar-refractivity contribution in [2.45, 2.75) is 13.0 Å². The molecule has 0 aliphatic carbocycles. The second-order valence-electron chi connectivity index (χ2n) is 6.97. The number of carbonyl (C=O) groups is 1. The smallest absolute Gasteiger partial charge is 0.310 e. The third kappa shape index (κ3) is 6.03. The molecule has 1 N–H and O–H groups in total. The highest BCUT2D eigenvalue weighted by Crippen LogP contribution is 2.24. The molecular formula is C19H30FIN4O2. The molecule has 0 saturated carbocycles. The first-order valence-corrected chi connectivity index (χ1v) is 8.82. The van der Waals surface area contributed by atoms with Gasteiger partial charge in [0.15, 0.2) is 5.96 Å². The van der Waals surface area contributed by atoms with Crippen LogP contribution in [0.25, 0.3) is 0 Å². The summed E-state index contributed by atoms with van der Waals surface area (Å²) in [6.07, 6.45) is 0. The number of nitrogens with one attached hydrogen (secondary N) is 1. The van der Waals surface area contributed by atoms with Gasteiger partial charge in [-0.05, 0) is 37.7 Å². The molecule has 27 heavy (non-hydrogen) atoms. The van der Waals surface area contributed by atoms with Gasteiger partial charge in [-0.15, -0.1) is 24.0 Å². The molecule has 8 heteroatoms. The zero-order chi connectivity index (χ0) is 19.3. The quantitative estimate of drug-likeness (QED) is 0.296. The Morgan fingerprint density at radius 1 is 1.44 bits per heavy atom. The van der Waals surface area contributed by atoms with Gasteiger partial charge in [0, 0.05) is 26.7 Å². The van der Waals surface area contributed by atoms with E-state index in [1.165, 1.54) is 13.2 Å². The molecule has 2 rings (SSSR count). The average Bonchev–Trinajstić information content (AvgIpc) is 2.99. The Morgan fingerprint density at radius 3 is 2.70 bits per heavy atom. The first-order valence-electron chi connectivity index (χ1n) is 8.82. The predicted octanol–water partition coefficient (Wildman–Crippen LogP) is 2.36. The molecule has 1 aliphatic heterocycles. The summed E-state index contributed by atoms with van der Waals surface area (Å²) in [5, 5.41) is 3.37. The molecule has 1 aromatic carbocycles. The molecule has 0 bridgehead atoms. The van der Waals surface area contributed by atoms with Crippen LogP contribution in [0, 0.1) is 17.7 Å². The van der Waals surface area contributed by atoms with Crippen LogP contribution >= 0.6 is 24.0 Å². The second-order valence-corrected chi connectivity index (χ2v) is 6.97. The molecule has 1 heterocycles. The summed E-state index contributed by atoms with van der Waals surface area (Å²) in [6, 6.07) is 6.64. The maximum atomic E-state index is 13.6. The van der Waals surface area contributed by atoms with E-state index in [2.05, 4.69) is 15.2 Å². The summed E-state index contributed by atoms with van der Waals surface area (Å²) in [5.74, 6) is 0.376. The lowest BCUT2D eigenvalue weighted by Crippen LogP contribution is -2.43. The van der Waals surface area contributed by atoms with Crippen molar-refractivity contribution < 1.29 is 13.9 Å². The topological polar surface area (TPSA) is 57.2 Å². The Hall–Kier alpha value is -1.42. The number of likely N-dealkylation sites (tertiary alicyclic amines) is 1. The van der Waals surface area contributed by atoms with Crippen LogP contribution in [0.5, 0.6) is 0 Å². The van der Waals surface area contributed by atoms with Crippen LogP contribution in [0.15, 0.2) is 29.3 Å². The van der Waals surface area contributed by atoms with Crippen LogP contribution < -0.4 is 5.32 Å². The Bertz CT molecular complexity index is 656. The lowest BCUT2D eigenvalue weighted by Gasteiger charge is -2.28. The molecule has 0 aromatic heterocycles. The number of benzene rings is 1. The van der Waals surface area contributed by atoms with E-state index < -0.39 is 0 Å². The fourth-order valence-corrected chi connectivity index (χ4v) is 3.43. The average molecular weight is 492 g/mol. The van der Waals surface area contributed by atoms with Crippen LogP contribution in [0.3, 0.4) is 0 Å². The number of carbonyl (C=O) groups excluding carboxylic acids is 1. The molecule has 0 amide bonds. The van der Waals surface area contributed by atoms with Gasteiger partial charge in [0.1, 0.15) is 5.82 Å². The van der Waals surface area contributed by atoms with E-state index in [4.69, 9.17) is 4.74 Å². The normalized spacial score (nSPS) is 21.0. The first kappa shape index (κ1) is 23.6. The Balaban J connectivity index is 0.00000364. The van der Waals surface area contributed by atoms with E-state index >= 15 is 0 Å². The van der Waals surface area contributed by atoms with E-state index in [1.54, 1.807) is 19.2 Å². The molecule has 0 radical (unpaired) electrons. The minimum Gasteiger partial charge on any atom is -0.469 e. The maximum absolute atomic E-state index is 13.6. The number of hydrogen-bond acceptors (Lipinski definition) is 4. The molecule has 0 spiro atoms. The number of nitrogens with zero attached hydrogens (tertiary/aromatic N) is 3. The fourth-order valence-electron chi connectivity index (χ4n) is 3.43. The van der Waals surface area contributed by atoms with Crippen molar-refractivity contribution in [3.8, 4) is 0 Å². The highest BCUT2D eigenvalue weighted by molar-refractivity contribution is 14.0. The maximum Gasteiger partial charge on any atom is 0.310 e. The molecule has 1 saturated heterocycles. The van der Waals surface area contributed by atoms with Crippen LogP contribution in [0.2, 0.25) is 0 Å². The largest absolute Gasteiger partial charge is 0.469 e. The molecule has 6 nitrogen and oxygen atoms in total. The van der Waals surface area contributed by atoms with Crippen molar-refractivity contribution >= 4 is 35.9 Å². The van der Waals surface area contributed by atoms with Crippen LogP contribution in [0.1, 0.15) is 18.5 Å². The van der Waals surface area contributed by atoms with Gasteiger partial charge in [0.2, 0.25) is 0 Å². The fraction of sp³-hybridized carbons (Fsp3) is 0.579. The third-order valence-corrected chi connectivity index (χ3v) is 4.94. The minimum atomic E-state index is -0.243. The lowest BCUT2D eigenvalue weighted by atomic mass is 9.99. The summed E-state index contributed by atoms with van der Waals surface area (Å²) in [4.78, 5) is 20.4. The van der Waals surface area contributed by atoms with Crippen molar-refractivity contribution in [3.05, 3.63) is 35.6 Å². The van der Waals surface area contributed by atoms with E-state index in [1.807, 2.05) is 32.0 Å². The SMILES string of the molecule is CN=C(NCC(c1cccc(F)c1)N(C)C)N1CC(C)C(C(=O)OC)C1.I. The van der Waals surface area contributed by atoms with Crippen molar-refractivity contribution in [1.82, 2.24) is 15.1 Å². The van der Waals surface area contributed by atoms with Gasteiger partial charge < -0.3 is 19.9 Å². The highest BCUT2D eigenvalue weighted by Gasteiger charge is 2.37. The van der Waals surface area contributed by atoms with Gasteiger partial charge in [0.05, 0.1) is 19.1 Å². The second kappa shape index (κ2) is 10.8. The van der Waals surface area contributed by atoms with Crippen molar-refractivity contribution in [3.63, 3.8) is 0 Å².